The topological polar surface area (TPSA) is 42.4 Å². The summed E-state index contributed by atoms with van der Waals surface area (Å²) in [6, 6.07) is 7.05. The van der Waals surface area contributed by atoms with Crippen molar-refractivity contribution in [2.45, 2.75) is 25.7 Å². The number of ether oxygens (including phenoxy) is 1. The summed E-state index contributed by atoms with van der Waals surface area (Å²) >= 11 is 5.93. The Morgan fingerprint density at radius 1 is 1.29 bits per heavy atom. The Morgan fingerprint density at radius 2 is 2.04 bits per heavy atom. The third kappa shape index (κ3) is 3.17. The van der Waals surface area contributed by atoms with Crippen LogP contribution in [-0.2, 0) is 17.5 Å². The number of hydrogen-bond donors (Lipinski definition) is 0. The minimum atomic E-state index is -4.49. The molecular formula is C16H12ClF3N2O2. The largest absolute Gasteiger partial charge is 0.479 e. The van der Waals surface area contributed by atoms with E-state index in [4.69, 9.17) is 16.3 Å². The molecule has 0 saturated heterocycles. The first-order valence-corrected chi connectivity index (χ1v) is 7.43. The number of alkyl halides is 3. The molecular weight excluding hydrogens is 345 g/mol. The molecule has 0 fully saturated rings. The molecule has 4 nitrogen and oxygen atoms in total. The van der Waals surface area contributed by atoms with Crippen molar-refractivity contribution in [2.75, 3.05) is 4.90 Å². The number of aromatic nitrogens is 1. The van der Waals surface area contributed by atoms with E-state index in [-0.39, 0.29) is 12.5 Å². The van der Waals surface area contributed by atoms with Crippen LogP contribution in [0.5, 0.6) is 5.75 Å². The zero-order chi connectivity index (χ0) is 17.5. The fourth-order valence-electron chi connectivity index (χ4n) is 2.42. The predicted octanol–water partition coefficient (Wildman–Crippen LogP) is 4.07. The van der Waals surface area contributed by atoms with Crippen molar-refractivity contribution in [1.29, 1.82) is 0 Å². The minimum absolute atomic E-state index is 0.0896. The molecule has 3 rings (SSSR count). The van der Waals surface area contributed by atoms with Crippen LogP contribution in [0, 0.1) is 0 Å². The van der Waals surface area contributed by atoms with Gasteiger partial charge in [0.2, 0.25) is 0 Å². The van der Waals surface area contributed by atoms with Gasteiger partial charge in [0, 0.05) is 17.3 Å². The highest BCUT2D eigenvalue weighted by Gasteiger charge is 2.33. The number of nitrogens with zero attached hydrogens (tertiary/aromatic N) is 2. The summed E-state index contributed by atoms with van der Waals surface area (Å²) in [6.45, 7) is 1.69. The van der Waals surface area contributed by atoms with Crippen LogP contribution < -0.4 is 9.64 Å². The molecule has 1 aromatic heterocycles. The number of halogens is 4. The highest BCUT2D eigenvalue weighted by atomic mass is 35.5. The van der Waals surface area contributed by atoms with Crippen molar-refractivity contribution < 1.29 is 22.7 Å². The highest BCUT2D eigenvalue weighted by Crippen LogP contribution is 2.37. The van der Waals surface area contributed by atoms with E-state index in [0.717, 1.165) is 12.3 Å². The second kappa shape index (κ2) is 5.98. The molecule has 126 valence electrons. The molecule has 1 aromatic carbocycles. The number of benzene rings is 1. The monoisotopic (exact) mass is 356 g/mol. The first-order chi connectivity index (χ1) is 11.3. The van der Waals surface area contributed by atoms with E-state index in [9.17, 15) is 18.0 Å². The number of pyridine rings is 1. The summed E-state index contributed by atoms with van der Waals surface area (Å²) in [6.07, 6.45) is -4.09. The Labute approximate surface area is 140 Å². The van der Waals surface area contributed by atoms with Crippen molar-refractivity contribution in [2.24, 2.45) is 0 Å². The van der Waals surface area contributed by atoms with Crippen molar-refractivity contribution >= 4 is 23.2 Å². The molecule has 1 amide bonds. The Kier molecular flexibility index (Phi) is 4.13. The molecule has 0 bridgehead atoms. The fraction of sp³-hybridized carbons (Fsp3) is 0.250. The van der Waals surface area contributed by atoms with Gasteiger partial charge in [-0.3, -0.25) is 9.78 Å². The zero-order valence-corrected chi connectivity index (χ0v) is 13.2. The van der Waals surface area contributed by atoms with Crippen LogP contribution in [0.25, 0.3) is 0 Å². The Hall–Kier alpha value is -2.28. The third-order valence-electron chi connectivity index (χ3n) is 3.59. The Morgan fingerprint density at radius 3 is 2.67 bits per heavy atom. The van der Waals surface area contributed by atoms with Crippen LogP contribution in [0.4, 0.5) is 18.9 Å². The van der Waals surface area contributed by atoms with Crippen molar-refractivity contribution in [1.82, 2.24) is 4.98 Å². The molecule has 1 unspecified atom stereocenters. The van der Waals surface area contributed by atoms with Gasteiger partial charge in [0.15, 0.2) is 6.10 Å². The SMILES string of the molecule is CC1Oc2cc(Cl)ccc2N(Cc2ccc(C(F)(F)F)nc2)C1=O. The molecule has 0 N–H and O–H groups in total. The van der Waals surface area contributed by atoms with Crippen LogP contribution in [0.3, 0.4) is 0 Å². The lowest BCUT2D eigenvalue weighted by Crippen LogP contribution is -2.44. The van der Waals surface area contributed by atoms with Gasteiger partial charge in [-0.25, -0.2) is 0 Å². The summed E-state index contributed by atoms with van der Waals surface area (Å²) in [4.78, 5) is 17.2. The van der Waals surface area contributed by atoms with E-state index in [0.29, 0.717) is 22.0 Å². The summed E-state index contributed by atoms with van der Waals surface area (Å²) < 4.78 is 43.2. The number of fused-ring (bicyclic) bond motifs is 1. The Bertz CT molecular complexity index is 778. The Balaban J connectivity index is 1.90. The van der Waals surface area contributed by atoms with E-state index in [1.807, 2.05) is 0 Å². The van der Waals surface area contributed by atoms with Gasteiger partial charge in [-0.05, 0) is 30.7 Å². The van der Waals surface area contributed by atoms with E-state index < -0.39 is 18.0 Å². The smallest absolute Gasteiger partial charge is 0.433 e. The van der Waals surface area contributed by atoms with Gasteiger partial charge < -0.3 is 9.64 Å². The highest BCUT2D eigenvalue weighted by molar-refractivity contribution is 6.30. The normalized spacial score (nSPS) is 17.5. The van der Waals surface area contributed by atoms with Gasteiger partial charge >= 0.3 is 6.18 Å². The minimum Gasteiger partial charge on any atom is -0.479 e. The van der Waals surface area contributed by atoms with Crippen molar-refractivity contribution in [3.8, 4) is 5.75 Å². The van der Waals surface area contributed by atoms with Crippen LogP contribution in [0.2, 0.25) is 5.02 Å². The lowest BCUT2D eigenvalue weighted by Gasteiger charge is -2.33. The second-order valence-electron chi connectivity index (χ2n) is 5.35. The maximum atomic E-state index is 12.6. The van der Waals surface area contributed by atoms with Crippen LogP contribution in [0.15, 0.2) is 36.5 Å². The summed E-state index contributed by atoms with van der Waals surface area (Å²) in [7, 11) is 0. The van der Waals surface area contributed by atoms with Gasteiger partial charge in [0.05, 0.1) is 12.2 Å². The van der Waals surface area contributed by atoms with E-state index in [1.165, 1.54) is 11.0 Å². The maximum absolute atomic E-state index is 12.6. The van der Waals surface area contributed by atoms with E-state index >= 15 is 0 Å². The second-order valence-corrected chi connectivity index (χ2v) is 5.78. The number of carbonyl (C=O) groups is 1. The van der Waals surface area contributed by atoms with Gasteiger partial charge in [-0.15, -0.1) is 0 Å². The molecule has 1 aliphatic heterocycles. The number of anilines is 1. The number of rotatable bonds is 2. The molecule has 1 aliphatic rings. The molecule has 0 spiro atoms. The van der Waals surface area contributed by atoms with Gasteiger partial charge in [-0.2, -0.15) is 13.2 Å². The summed E-state index contributed by atoms with van der Waals surface area (Å²) in [5.41, 5.74) is 0.0221. The average Bonchev–Trinajstić information content (AvgIpc) is 2.51. The summed E-state index contributed by atoms with van der Waals surface area (Å²) in [5, 5.41) is 0.464. The molecule has 0 radical (unpaired) electrons. The number of hydrogen-bond acceptors (Lipinski definition) is 3. The molecule has 1 atom stereocenters. The predicted molar refractivity (Wildman–Crippen MR) is 82.0 cm³/mol. The van der Waals surface area contributed by atoms with Crippen LogP contribution >= 0.6 is 11.6 Å². The van der Waals surface area contributed by atoms with Gasteiger partial charge in [-0.1, -0.05) is 17.7 Å². The molecule has 0 aliphatic carbocycles. The van der Waals surface area contributed by atoms with Crippen molar-refractivity contribution in [3.63, 3.8) is 0 Å². The summed E-state index contributed by atoms with van der Waals surface area (Å²) in [5.74, 6) is 0.166. The molecule has 2 heterocycles. The third-order valence-corrected chi connectivity index (χ3v) is 3.82. The molecule has 24 heavy (non-hydrogen) atoms. The van der Waals surface area contributed by atoms with E-state index in [2.05, 4.69) is 4.98 Å². The number of amides is 1. The lowest BCUT2D eigenvalue weighted by atomic mass is 10.1. The first-order valence-electron chi connectivity index (χ1n) is 7.05. The molecule has 2 aromatic rings. The van der Waals surface area contributed by atoms with Gasteiger partial charge in [0.25, 0.3) is 5.91 Å². The average molecular weight is 357 g/mol. The molecule has 0 saturated carbocycles. The lowest BCUT2D eigenvalue weighted by molar-refractivity contribution is -0.141. The molecule has 8 heteroatoms. The standard InChI is InChI=1S/C16H12ClF3N2O2/c1-9-15(23)22(12-4-3-11(17)6-13(12)24-9)8-10-2-5-14(21-7-10)16(18,19)20/h2-7,9H,8H2,1H3. The fourth-order valence-corrected chi connectivity index (χ4v) is 2.58. The quantitative estimate of drug-likeness (QED) is 0.814. The zero-order valence-electron chi connectivity index (χ0n) is 12.5. The van der Waals surface area contributed by atoms with E-state index in [1.54, 1.807) is 25.1 Å². The maximum Gasteiger partial charge on any atom is 0.433 e. The van der Waals surface area contributed by atoms with Crippen molar-refractivity contribution in [3.05, 3.63) is 52.8 Å². The van der Waals surface area contributed by atoms with Crippen LogP contribution in [0.1, 0.15) is 18.2 Å². The van der Waals surface area contributed by atoms with Crippen LogP contribution in [-0.4, -0.2) is 17.0 Å². The number of carbonyl (C=O) groups excluding carboxylic acids is 1. The van der Waals surface area contributed by atoms with Gasteiger partial charge in [0.1, 0.15) is 11.4 Å². The first kappa shape index (κ1) is 16.6.